The average molecular weight is 531 g/mol. The topological polar surface area (TPSA) is 123 Å². The van der Waals surface area contributed by atoms with Crippen LogP contribution in [0.15, 0.2) is 54.6 Å². The molecular formula is C32H34O7. The van der Waals surface area contributed by atoms with Crippen LogP contribution in [0.5, 0.6) is 0 Å². The summed E-state index contributed by atoms with van der Waals surface area (Å²) in [6.45, 7) is 12.9. The fourth-order valence-electron chi connectivity index (χ4n) is 3.49. The summed E-state index contributed by atoms with van der Waals surface area (Å²) in [5.74, 6) is -1.16. The second-order valence-corrected chi connectivity index (χ2v) is 9.35. The maximum Gasteiger partial charge on any atom is 0.335 e. The van der Waals surface area contributed by atoms with Gasteiger partial charge in [-0.25, -0.2) is 4.79 Å². The molecule has 0 spiro atoms. The van der Waals surface area contributed by atoms with E-state index in [4.69, 9.17) is 5.11 Å². The lowest BCUT2D eigenvalue weighted by Crippen LogP contribution is -2.01. The van der Waals surface area contributed by atoms with Crippen LogP contribution in [0.25, 0.3) is 0 Å². The third-order valence-electron chi connectivity index (χ3n) is 5.51. The van der Waals surface area contributed by atoms with Crippen molar-refractivity contribution in [1.82, 2.24) is 0 Å². The van der Waals surface area contributed by atoms with E-state index in [9.17, 15) is 28.8 Å². The van der Waals surface area contributed by atoms with Crippen LogP contribution in [0.1, 0.15) is 113 Å². The number of benzene rings is 3. The molecule has 0 fully saturated rings. The Morgan fingerprint density at radius 1 is 0.385 bits per heavy atom. The standard InChI is InChI=1S/2C11H12O2.C10H10O3/c2*1-7-4-10(8(2)12)6-11(5-7)9(3)13;1-6-3-8(7(2)11)5-9(4-6)10(12)13/h2*4-6H,1-3H3;3-5H,1-2H3,(H,12,13). The SMILES string of the molecule is CC(=O)c1cc(C)cc(C(=O)O)c1.CC(=O)c1cc(C)cc(C(C)=O)c1.CC(=O)c1cc(C)cc(C(C)=O)c1. The van der Waals surface area contributed by atoms with Gasteiger partial charge >= 0.3 is 5.97 Å². The predicted molar refractivity (Wildman–Crippen MR) is 151 cm³/mol. The van der Waals surface area contributed by atoms with E-state index >= 15 is 0 Å². The van der Waals surface area contributed by atoms with Gasteiger partial charge in [0.15, 0.2) is 28.9 Å². The van der Waals surface area contributed by atoms with Gasteiger partial charge in [0.1, 0.15) is 0 Å². The van der Waals surface area contributed by atoms with Crippen LogP contribution in [-0.4, -0.2) is 40.0 Å². The molecule has 0 radical (unpaired) electrons. The van der Waals surface area contributed by atoms with Crippen molar-refractivity contribution in [2.24, 2.45) is 0 Å². The number of hydrogen-bond donors (Lipinski definition) is 1. The lowest BCUT2D eigenvalue weighted by Gasteiger charge is -2.01. The molecule has 3 rings (SSSR count). The summed E-state index contributed by atoms with van der Waals surface area (Å²) >= 11 is 0. The summed E-state index contributed by atoms with van der Waals surface area (Å²) in [5.41, 5.74) is 5.68. The number of Topliss-reactive ketones (excluding diaryl/α,β-unsaturated/α-hetero) is 5. The molecule has 0 aliphatic rings. The Hall–Kier alpha value is -4.52. The summed E-state index contributed by atoms with van der Waals surface area (Å²) < 4.78 is 0. The number of ketones is 5. The smallest absolute Gasteiger partial charge is 0.335 e. The van der Waals surface area contributed by atoms with Crippen molar-refractivity contribution in [2.75, 3.05) is 0 Å². The zero-order valence-electron chi connectivity index (χ0n) is 23.6. The quantitative estimate of drug-likeness (QED) is 0.352. The zero-order valence-corrected chi connectivity index (χ0v) is 23.6. The number of aryl methyl sites for hydroxylation is 3. The third-order valence-corrected chi connectivity index (χ3v) is 5.51. The lowest BCUT2D eigenvalue weighted by molar-refractivity contribution is 0.0695. The van der Waals surface area contributed by atoms with E-state index in [0.717, 1.165) is 16.7 Å². The molecule has 0 saturated carbocycles. The number of rotatable bonds is 6. The molecule has 0 saturated heterocycles. The van der Waals surface area contributed by atoms with E-state index in [1.165, 1.54) is 46.8 Å². The van der Waals surface area contributed by atoms with Gasteiger partial charge in [-0.15, -0.1) is 0 Å². The molecule has 3 aromatic rings. The molecular weight excluding hydrogens is 496 g/mol. The number of hydrogen-bond acceptors (Lipinski definition) is 6. The van der Waals surface area contributed by atoms with Crippen molar-refractivity contribution in [2.45, 2.75) is 55.4 Å². The summed E-state index contributed by atoms with van der Waals surface area (Å²) in [5, 5.41) is 8.70. The summed E-state index contributed by atoms with van der Waals surface area (Å²) in [6, 6.07) is 15.0. The molecule has 0 amide bonds. The van der Waals surface area contributed by atoms with Crippen molar-refractivity contribution in [3.05, 3.63) is 105 Å². The summed E-state index contributed by atoms with van der Waals surface area (Å²) in [4.78, 5) is 65.8. The molecule has 3 aromatic carbocycles. The van der Waals surface area contributed by atoms with Gasteiger partial charge in [0.25, 0.3) is 0 Å². The first kappa shape index (κ1) is 32.5. The van der Waals surface area contributed by atoms with E-state index in [0.29, 0.717) is 27.8 Å². The molecule has 7 nitrogen and oxygen atoms in total. The van der Waals surface area contributed by atoms with Crippen LogP contribution >= 0.6 is 0 Å². The third kappa shape index (κ3) is 10.8. The molecule has 0 aliphatic heterocycles. The van der Waals surface area contributed by atoms with Crippen molar-refractivity contribution >= 4 is 34.9 Å². The molecule has 204 valence electrons. The van der Waals surface area contributed by atoms with E-state index in [2.05, 4.69) is 0 Å². The minimum atomic E-state index is -1.01. The van der Waals surface area contributed by atoms with Gasteiger partial charge in [-0.05, 0) is 127 Å². The second kappa shape index (κ2) is 14.4. The first-order valence-corrected chi connectivity index (χ1v) is 12.1. The van der Waals surface area contributed by atoms with Gasteiger partial charge in [0, 0.05) is 27.8 Å². The van der Waals surface area contributed by atoms with Gasteiger partial charge in [-0.2, -0.15) is 0 Å². The Kier molecular flexibility index (Phi) is 12.0. The van der Waals surface area contributed by atoms with Crippen molar-refractivity contribution in [1.29, 1.82) is 0 Å². The summed E-state index contributed by atoms with van der Waals surface area (Å²) in [7, 11) is 0. The molecule has 0 aliphatic carbocycles. The molecule has 0 bridgehead atoms. The highest BCUT2D eigenvalue weighted by molar-refractivity contribution is 6.01. The fourth-order valence-corrected chi connectivity index (χ4v) is 3.49. The van der Waals surface area contributed by atoms with Crippen LogP contribution in [-0.2, 0) is 0 Å². The lowest BCUT2D eigenvalue weighted by atomic mass is 10.0. The van der Waals surface area contributed by atoms with Crippen molar-refractivity contribution in [3.8, 4) is 0 Å². The molecule has 0 atom stereocenters. The monoisotopic (exact) mass is 530 g/mol. The Balaban J connectivity index is 0.000000292. The largest absolute Gasteiger partial charge is 0.478 e. The van der Waals surface area contributed by atoms with E-state index < -0.39 is 5.97 Å². The van der Waals surface area contributed by atoms with Crippen LogP contribution in [0.4, 0.5) is 0 Å². The average Bonchev–Trinajstić information content (AvgIpc) is 2.83. The zero-order chi connectivity index (χ0) is 30.0. The Bertz CT molecular complexity index is 1170. The highest BCUT2D eigenvalue weighted by Gasteiger charge is 2.08. The van der Waals surface area contributed by atoms with Gasteiger partial charge in [0.05, 0.1) is 5.56 Å². The molecule has 0 aromatic heterocycles. The minimum absolute atomic E-state index is 0.00815. The normalized spacial score (nSPS) is 9.74. The van der Waals surface area contributed by atoms with Crippen LogP contribution in [0, 0.1) is 20.8 Å². The van der Waals surface area contributed by atoms with Gasteiger partial charge in [-0.3, -0.25) is 24.0 Å². The Morgan fingerprint density at radius 3 is 0.744 bits per heavy atom. The van der Waals surface area contributed by atoms with Gasteiger partial charge in [0.2, 0.25) is 0 Å². The Morgan fingerprint density at radius 2 is 0.564 bits per heavy atom. The predicted octanol–water partition coefficient (Wildman–Crippen LogP) is 6.70. The number of carbonyl (C=O) groups excluding carboxylic acids is 5. The molecule has 39 heavy (non-hydrogen) atoms. The Labute approximate surface area is 228 Å². The second-order valence-electron chi connectivity index (χ2n) is 9.35. The first-order chi connectivity index (χ1) is 18.0. The fraction of sp³-hybridized carbons (Fsp3) is 0.250. The van der Waals surface area contributed by atoms with Gasteiger partial charge < -0.3 is 5.11 Å². The van der Waals surface area contributed by atoms with E-state index in [-0.39, 0.29) is 34.5 Å². The summed E-state index contributed by atoms with van der Waals surface area (Å²) in [6.07, 6.45) is 0. The van der Waals surface area contributed by atoms with Crippen molar-refractivity contribution < 1.29 is 33.9 Å². The molecule has 1 N–H and O–H groups in total. The maximum absolute atomic E-state index is 11.1. The molecule has 0 heterocycles. The highest BCUT2D eigenvalue weighted by Crippen LogP contribution is 2.12. The number of aromatic carboxylic acids is 1. The van der Waals surface area contributed by atoms with Crippen LogP contribution in [0.3, 0.4) is 0 Å². The molecule has 7 heteroatoms. The molecule has 0 unspecified atom stereocenters. The van der Waals surface area contributed by atoms with Crippen molar-refractivity contribution in [3.63, 3.8) is 0 Å². The van der Waals surface area contributed by atoms with Crippen LogP contribution < -0.4 is 0 Å². The number of carboxylic acids is 1. The van der Waals surface area contributed by atoms with E-state index in [1.54, 1.807) is 49.4 Å². The minimum Gasteiger partial charge on any atom is -0.478 e. The van der Waals surface area contributed by atoms with E-state index in [1.807, 2.05) is 13.8 Å². The maximum atomic E-state index is 11.1. The number of carboxylic acid groups (broad SMARTS) is 1. The first-order valence-electron chi connectivity index (χ1n) is 12.1. The number of carbonyl (C=O) groups is 6. The highest BCUT2D eigenvalue weighted by atomic mass is 16.4. The van der Waals surface area contributed by atoms with Gasteiger partial charge in [-0.1, -0.05) is 0 Å². The van der Waals surface area contributed by atoms with Crippen LogP contribution in [0.2, 0.25) is 0 Å².